The van der Waals surface area contributed by atoms with Gasteiger partial charge in [-0.25, -0.2) is 0 Å². The van der Waals surface area contributed by atoms with Crippen molar-refractivity contribution in [1.82, 2.24) is 20.3 Å². The van der Waals surface area contributed by atoms with E-state index >= 15 is 0 Å². The first-order valence-electron chi connectivity index (χ1n) is 7.88. The molecule has 1 aliphatic rings. The Morgan fingerprint density at radius 3 is 2.87 bits per heavy atom. The summed E-state index contributed by atoms with van der Waals surface area (Å²) in [5.74, 6) is -0.0364. The van der Waals surface area contributed by atoms with Crippen molar-refractivity contribution in [3.05, 3.63) is 42.2 Å². The van der Waals surface area contributed by atoms with Gasteiger partial charge in [-0.3, -0.25) is 9.48 Å². The maximum absolute atomic E-state index is 12.5. The van der Waals surface area contributed by atoms with Crippen LogP contribution in [0.3, 0.4) is 0 Å². The van der Waals surface area contributed by atoms with Gasteiger partial charge in [0.05, 0.1) is 25.0 Å². The molecule has 1 saturated heterocycles. The fourth-order valence-corrected chi connectivity index (χ4v) is 2.64. The number of hydrogen-bond donors (Lipinski definition) is 1. The summed E-state index contributed by atoms with van der Waals surface area (Å²) >= 11 is 0. The van der Waals surface area contributed by atoms with Crippen molar-refractivity contribution in [3.8, 4) is 0 Å². The Kier molecular flexibility index (Phi) is 5.21. The molecular weight excluding hydrogens is 294 g/mol. The molecular formula is C16H21N5O2. The van der Waals surface area contributed by atoms with E-state index < -0.39 is 0 Å². The lowest BCUT2D eigenvalue weighted by Crippen LogP contribution is -2.38. The molecule has 2 aromatic rings. The second-order valence-electron chi connectivity index (χ2n) is 5.39. The minimum atomic E-state index is -0.0364. The summed E-state index contributed by atoms with van der Waals surface area (Å²) in [6.45, 7) is 4.39. The number of aryl methyl sites for hydroxylation is 1. The smallest absolute Gasteiger partial charge is 0.253 e. The van der Waals surface area contributed by atoms with Gasteiger partial charge in [0, 0.05) is 38.1 Å². The van der Waals surface area contributed by atoms with Crippen LogP contribution in [0.25, 0.3) is 0 Å². The number of aromatic nitrogens is 3. The lowest BCUT2D eigenvalue weighted by molar-refractivity contribution is 0.0951. The molecule has 1 aliphatic heterocycles. The number of anilines is 1. The van der Waals surface area contributed by atoms with Crippen molar-refractivity contribution in [2.24, 2.45) is 0 Å². The van der Waals surface area contributed by atoms with Gasteiger partial charge in [0.15, 0.2) is 0 Å². The van der Waals surface area contributed by atoms with E-state index in [1.807, 2.05) is 30.5 Å². The highest BCUT2D eigenvalue weighted by atomic mass is 16.5. The molecule has 1 aromatic heterocycles. The van der Waals surface area contributed by atoms with E-state index in [9.17, 15) is 4.79 Å². The molecule has 2 heterocycles. The zero-order chi connectivity index (χ0) is 15.9. The largest absolute Gasteiger partial charge is 0.378 e. The Morgan fingerprint density at radius 1 is 1.26 bits per heavy atom. The van der Waals surface area contributed by atoms with Gasteiger partial charge in [-0.2, -0.15) is 0 Å². The second kappa shape index (κ2) is 7.73. The van der Waals surface area contributed by atoms with E-state index in [1.54, 1.807) is 10.9 Å². The van der Waals surface area contributed by atoms with E-state index in [0.717, 1.165) is 37.3 Å². The second-order valence-corrected chi connectivity index (χ2v) is 5.39. The number of amides is 1. The van der Waals surface area contributed by atoms with Crippen LogP contribution in [-0.4, -0.2) is 53.7 Å². The first kappa shape index (κ1) is 15.5. The highest BCUT2D eigenvalue weighted by molar-refractivity contribution is 5.99. The van der Waals surface area contributed by atoms with Crippen molar-refractivity contribution in [2.45, 2.75) is 13.0 Å². The number of morpholine rings is 1. The predicted octanol–water partition coefficient (Wildman–Crippen LogP) is 0.935. The van der Waals surface area contributed by atoms with E-state index in [4.69, 9.17) is 4.74 Å². The summed E-state index contributed by atoms with van der Waals surface area (Å²) in [6, 6.07) is 7.73. The molecule has 0 spiro atoms. The fraction of sp³-hybridized carbons (Fsp3) is 0.438. The number of nitrogens with zero attached hydrogens (tertiary/aromatic N) is 4. The quantitative estimate of drug-likeness (QED) is 0.803. The van der Waals surface area contributed by atoms with Crippen LogP contribution in [0.2, 0.25) is 0 Å². The predicted molar refractivity (Wildman–Crippen MR) is 86.4 cm³/mol. The average molecular weight is 315 g/mol. The third-order valence-electron chi connectivity index (χ3n) is 3.82. The summed E-state index contributed by atoms with van der Waals surface area (Å²) in [6.07, 6.45) is 4.28. The van der Waals surface area contributed by atoms with Crippen LogP contribution in [-0.2, 0) is 11.3 Å². The van der Waals surface area contributed by atoms with Crippen LogP contribution in [0.4, 0.5) is 5.69 Å². The molecule has 7 heteroatoms. The maximum Gasteiger partial charge on any atom is 0.253 e. The number of carbonyl (C=O) groups excluding carboxylic acids is 1. The number of para-hydroxylation sites is 1. The monoisotopic (exact) mass is 315 g/mol. The van der Waals surface area contributed by atoms with Gasteiger partial charge in [0.1, 0.15) is 0 Å². The SMILES string of the molecule is O=C(NCCCn1ccnn1)c1ccccc1N1CCOCC1. The zero-order valence-corrected chi connectivity index (χ0v) is 13.0. The maximum atomic E-state index is 12.5. The number of carbonyl (C=O) groups is 1. The van der Waals surface area contributed by atoms with Gasteiger partial charge >= 0.3 is 0 Å². The molecule has 7 nitrogen and oxygen atoms in total. The summed E-state index contributed by atoms with van der Waals surface area (Å²) < 4.78 is 7.14. The number of ether oxygens (including phenoxy) is 1. The van der Waals surface area contributed by atoms with Crippen LogP contribution < -0.4 is 10.2 Å². The molecule has 23 heavy (non-hydrogen) atoms. The summed E-state index contributed by atoms with van der Waals surface area (Å²) in [4.78, 5) is 14.7. The van der Waals surface area contributed by atoms with Crippen molar-refractivity contribution >= 4 is 11.6 Å². The molecule has 1 fully saturated rings. The summed E-state index contributed by atoms with van der Waals surface area (Å²) in [7, 11) is 0. The minimum Gasteiger partial charge on any atom is -0.378 e. The molecule has 1 N–H and O–H groups in total. The van der Waals surface area contributed by atoms with Crippen molar-refractivity contribution in [2.75, 3.05) is 37.7 Å². The molecule has 122 valence electrons. The molecule has 0 radical (unpaired) electrons. The number of nitrogens with one attached hydrogen (secondary N) is 1. The Labute approximate surface area is 135 Å². The van der Waals surface area contributed by atoms with Gasteiger partial charge in [-0.1, -0.05) is 17.3 Å². The van der Waals surface area contributed by atoms with Crippen LogP contribution in [0.5, 0.6) is 0 Å². The number of rotatable bonds is 6. The highest BCUT2D eigenvalue weighted by Gasteiger charge is 2.17. The normalized spacial score (nSPS) is 14.7. The summed E-state index contributed by atoms with van der Waals surface area (Å²) in [5, 5.41) is 10.6. The molecule has 0 atom stereocenters. The Balaban J connectivity index is 1.56. The average Bonchev–Trinajstić information content (AvgIpc) is 3.13. The third kappa shape index (κ3) is 4.07. The van der Waals surface area contributed by atoms with Crippen LogP contribution in [0, 0.1) is 0 Å². The summed E-state index contributed by atoms with van der Waals surface area (Å²) in [5.41, 5.74) is 1.69. The first-order valence-corrected chi connectivity index (χ1v) is 7.88. The van der Waals surface area contributed by atoms with Crippen LogP contribution in [0.15, 0.2) is 36.7 Å². The lowest BCUT2D eigenvalue weighted by atomic mass is 10.1. The van der Waals surface area contributed by atoms with Crippen LogP contribution >= 0.6 is 0 Å². The van der Waals surface area contributed by atoms with Gasteiger partial charge in [0.25, 0.3) is 5.91 Å². The molecule has 0 aliphatic carbocycles. The molecule has 0 bridgehead atoms. The fourth-order valence-electron chi connectivity index (χ4n) is 2.64. The lowest BCUT2D eigenvalue weighted by Gasteiger charge is -2.30. The molecule has 3 rings (SSSR count). The first-order chi connectivity index (χ1) is 11.3. The molecule has 0 unspecified atom stereocenters. The minimum absolute atomic E-state index is 0.0364. The van der Waals surface area contributed by atoms with Gasteiger partial charge < -0.3 is 15.0 Å². The van der Waals surface area contributed by atoms with Crippen molar-refractivity contribution in [1.29, 1.82) is 0 Å². The molecule has 1 amide bonds. The zero-order valence-electron chi connectivity index (χ0n) is 13.0. The van der Waals surface area contributed by atoms with E-state index in [2.05, 4.69) is 20.5 Å². The number of benzene rings is 1. The van der Waals surface area contributed by atoms with Gasteiger partial charge in [0.2, 0.25) is 0 Å². The Morgan fingerprint density at radius 2 is 2.09 bits per heavy atom. The standard InChI is InChI=1S/C16H21N5O2/c22-16(17-6-3-8-21-9-7-18-19-21)14-4-1-2-5-15(14)20-10-12-23-13-11-20/h1-2,4-5,7,9H,3,6,8,10-13H2,(H,17,22). The third-order valence-corrected chi connectivity index (χ3v) is 3.82. The van der Waals surface area contributed by atoms with E-state index in [0.29, 0.717) is 19.8 Å². The Bertz CT molecular complexity index is 623. The van der Waals surface area contributed by atoms with Gasteiger partial charge in [-0.15, -0.1) is 5.10 Å². The number of hydrogen-bond acceptors (Lipinski definition) is 5. The van der Waals surface area contributed by atoms with Crippen LogP contribution in [0.1, 0.15) is 16.8 Å². The topological polar surface area (TPSA) is 72.3 Å². The molecule has 0 saturated carbocycles. The van der Waals surface area contributed by atoms with E-state index in [1.165, 1.54) is 0 Å². The highest BCUT2D eigenvalue weighted by Crippen LogP contribution is 2.21. The molecule has 1 aromatic carbocycles. The van der Waals surface area contributed by atoms with E-state index in [-0.39, 0.29) is 5.91 Å². The Hall–Kier alpha value is -2.41. The van der Waals surface area contributed by atoms with Crippen molar-refractivity contribution < 1.29 is 9.53 Å². The van der Waals surface area contributed by atoms with Crippen molar-refractivity contribution in [3.63, 3.8) is 0 Å². The van der Waals surface area contributed by atoms with Gasteiger partial charge in [-0.05, 0) is 18.6 Å².